The lowest BCUT2D eigenvalue weighted by molar-refractivity contribution is -0.129. The van der Waals surface area contributed by atoms with Crippen LogP contribution >= 0.6 is 15.9 Å². The first kappa shape index (κ1) is 17.3. The van der Waals surface area contributed by atoms with E-state index in [4.69, 9.17) is 4.74 Å². The van der Waals surface area contributed by atoms with Crippen molar-refractivity contribution in [3.05, 3.63) is 58.1 Å². The van der Waals surface area contributed by atoms with Crippen molar-refractivity contribution >= 4 is 21.8 Å². The number of aliphatic hydroxyl groups excluding tert-OH is 1. The Hall–Kier alpha value is -2.05. The van der Waals surface area contributed by atoms with Crippen molar-refractivity contribution in [1.82, 2.24) is 5.32 Å². The van der Waals surface area contributed by atoms with Crippen molar-refractivity contribution < 1.29 is 19.7 Å². The number of hydrogen-bond acceptors (Lipinski definition) is 4. The van der Waals surface area contributed by atoms with Crippen LogP contribution in [0.2, 0.25) is 0 Å². The molecule has 0 aliphatic carbocycles. The molecule has 0 radical (unpaired) electrons. The lowest BCUT2D eigenvalue weighted by Crippen LogP contribution is -2.30. The summed E-state index contributed by atoms with van der Waals surface area (Å²) in [5.74, 6) is 0.0211. The third kappa shape index (κ3) is 4.71. The van der Waals surface area contributed by atoms with Gasteiger partial charge in [0.25, 0.3) is 5.91 Å². The smallest absolute Gasteiger partial charge is 0.253 e. The maximum absolute atomic E-state index is 12.0. The van der Waals surface area contributed by atoms with Gasteiger partial charge in [-0.05, 0) is 41.8 Å². The van der Waals surface area contributed by atoms with E-state index in [1.807, 2.05) is 0 Å². The molecule has 0 aromatic heterocycles. The fraction of sp³-hybridized carbons (Fsp3) is 0.235. The normalized spacial score (nSPS) is 11.8. The van der Waals surface area contributed by atoms with Crippen molar-refractivity contribution in [3.63, 3.8) is 0 Å². The Morgan fingerprint density at radius 1 is 1.26 bits per heavy atom. The number of amides is 1. The number of phenols is 1. The third-order valence-corrected chi connectivity index (χ3v) is 3.92. The number of methoxy groups -OCH3 is 1. The molecule has 0 saturated heterocycles. The van der Waals surface area contributed by atoms with Gasteiger partial charge in [-0.2, -0.15) is 0 Å². The van der Waals surface area contributed by atoms with Crippen LogP contribution in [0.25, 0.3) is 0 Å². The number of carbonyl (C=O) groups excluding carboxylic acids is 1. The monoisotopic (exact) mass is 379 g/mol. The molecule has 0 bridgehead atoms. The minimum absolute atomic E-state index is 0.0750. The van der Waals surface area contributed by atoms with E-state index in [1.54, 1.807) is 42.5 Å². The SMILES string of the molecule is COc1cc(CCNC(=O)C(O)c2ccc(Br)cc2)ccc1O. The second-order valence-electron chi connectivity index (χ2n) is 5.00. The molecule has 1 unspecified atom stereocenters. The van der Waals surface area contributed by atoms with Crippen molar-refractivity contribution in [2.45, 2.75) is 12.5 Å². The predicted octanol–water partition coefficient (Wildman–Crippen LogP) is 2.56. The van der Waals surface area contributed by atoms with Gasteiger partial charge in [-0.15, -0.1) is 0 Å². The molecule has 2 aromatic rings. The zero-order chi connectivity index (χ0) is 16.8. The summed E-state index contributed by atoms with van der Waals surface area (Å²) in [6.45, 7) is 0.375. The largest absolute Gasteiger partial charge is 0.504 e. The number of benzene rings is 2. The summed E-state index contributed by atoms with van der Waals surface area (Å²) in [6, 6.07) is 12.0. The Labute approximate surface area is 143 Å². The first-order valence-corrected chi connectivity index (χ1v) is 7.87. The Morgan fingerprint density at radius 2 is 1.96 bits per heavy atom. The third-order valence-electron chi connectivity index (χ3n) is 3.39. The van der Waals surface area contributed by atoms with Gasteiger partial charge in [-0.3, -0.25) is 4.79 Å². The zero-order valence-corrected chi connectivity index (χ0v) is 14.2. The van der Waals surface area contributed by atoms with Crippen molar-refractivity contribution in [2.75, 3.05) is 13.7 Å². The van der Waals surface area contributed by atoms with Gasteiger partial charge in [0.2, 0.25) is 0 Å². The van der Waals surface area contributed by atoms with Gasteiger partial charge in [-0.1, -0.05) is 34.1 Å². The van der Waals surface area contributed by atoms with Crippen LogP contribution in [-0.4, -0.2) is 29.8 Å². The van der Waals surface area contributed by atoms with E-state index in [-0.39, 0.29) is 5.75 Å². The molecule has 1 atom stereocenters. The van der Waals surface area contributed by atoms with Gasteiger partial charge in [0.1, 0.15) is 0 Å². The van der Waals surface area contributed by atoms with Gasteiger partial charge < -0.3 is 20.3 Å². The first-order chi connectivity index (χ1) is 11.0. The molecule has 6 heteroatoms. The molecule has 3 N–H and O–H groups in total. The second kappa shape index (κ2) is 7.99. The maximum Gasteiger partial charge on any atom is 0.253 e. The number of carbonyl (C=O) groups is 1. The number of aromatic hydroxyl groups is 1. The standard InChI is InChI=1S/C17H18BrNO4/c1-23-15-10-11(2-7-14(15)20)8-9-19-17(22)16(21)12-3-5-13(18)6-4-12/h2-7,10,16,20-21H,8-9H2,1H3,(H,19,22). The highest BCUT2D eigenvalue weighted by atomic mass is 79.9. The average molecular weight is 380 g/mol. The van der Waals surface area contributed by atoms with Crippen LogP contribution in [0, 0.1) is 0 Å². The number of aliphatic hydroxyl groups is 1. The fourth-order valence-electron chi connectivity index (χ4n) is 2.10. The molecule has 0 fully saturated rings. The molecule has 0 saturated carbocycles. The van der Waals surface area contributed by atoms with Crippen LogP contribution in [0.15, 0.2) is 46.9 Å². The van der Waals surface area contributed by atoms with Crippen molar-refractivity contribution in [3.8, 4) is 11.5 Å². The van der Waals surface area contributed by atoms with Crippen LogP contribution in [0.4, 0.5) is 0 Å². The highest BCUT2D eigenvalue weighted by Crippen LogP contribution is 2.26. The van der Waals surface area contributed by atoms with Gasteiger partial charge in [0.05, 0.1) is 7.11 Å². The van der Waals surface area contributed by atoms with E-state index < -0.39 is 12.0 Å². The summed E-state index contributed by atoms with van der Waals surface area (Å²) >= 11 is 3.31. The minimum Gasteiger partial charge on any atom is -0.504 e. The minimum atomic E-state index is -1.20. The summed E-state index contributed by atoms with van der Waals surface area (Å²) in [4.78, 5) is 12.0. The molecule has 0 aliphatic rings. The summed E-state index contributed by atoms with van der Waals surface area (Å²) in [5.41, 5.74) is 1.45. The predicted molar refractivity (Wildman–Crippen MR) is 90.5 cm³/mol. The van der Waals surface area contributed by atoms with E-state index in [1.165, 1.54) is 7.11 Å². The Kier molecular flexibility index (Phi) is 6.01. The van der Waals surface area contributed by atoms with E-state index in [0.29, 0.717) is 24.3 Å². The summed E-state index contributed by atoms with van der Waals surface area (Å²) in [5, 5.41) is 22.2. The molecule has 1 amide bonds. The first-order valence-electron chi connectivity index (χ1n) is 7.08. The molecular formula is C17H18BrNO4. The van der Waals surface area contributed by atoms with Crippen LogP contribution in [0.3, 0.4) is 0 Å². The number of phenolic OH excluding ortho intramolecular Hbond substituents is 1. The van der Waals surface area contributed by atoms with Crippen molar-refractivity contribution in [2.24, 2.45) is 0 Å². The molecule has 0 heterocycles. The fourth-order valence-corrected chi connectivity index (χ4v) is 2.37. The van der Waals surface area contributed by atoms with Crippen LogP contribution < -0.4 is 10.1 Å². The summed E-state index contributed by atoms with van der Waals surface area (Å²) in [7, 11) is 1.48. The molecule has 2 aromatic carbocycles. The Morgan fingerprint density at radius 3 is 2.61 bits per heavy atom. The molecule has 0 aliphatic heterocycles. The van der Waals surface area contributed by atoms with Gasteiger partial charge in [0.15, 0.2) is 17.6 Å². The number of nitrogens with one attached hydrogen (secondary N) is 1. The second-order valence-corrected chi connectivity index (χ2v) is 5.92. The lowest BCUT2D eigenvalue weighted by atomic mass is 10.1. The zero-order valence-electron chi connectivity index (χ0n) is 12.6. The Bertz CT molecular complexity index is 673. The molecule has 122 valence electrons. The number of ether oxygens (including phenoxy) is 1. The Balaban J connectivity index is 1.88. The maximum atomic E-state index is 12.0. The molecule has 2 rings (SSSR count). The number of rotatable bonds is 6. The average Bonchev–Trinajstić information content (AvgIpc) is 2.56. The van der Waals surface area contributed by atoms with E-state index in [2.05, 4.69) is 21.2 Å². The van der Waals surface area contributed by atoms with E-state index >= 15 is 0 Å². The molecule has 0 spiro atoms. The van der Waals surface area contributed by atoms with Crippen LogP contribution in [0.1, 0.15) is 17.2 Å². The van der Waals surface area contributed by atoms with Gasteiger partial charge >= 0.3 is 0 Å². The summed E-state index contributed by atoms with van der Waals surface area (Å²) < 4.78 is 5.92. The highest BCUT2D eigenvalue weighted by molar-refractivity contribution is 9.10. The quantitative estimate of drug-likeness (QED) is 0.720. The highest BCUT2D eigenvalue weighted by Gasteiger charge is 2.16. The van der Waals surface area contributed by atoms with Crippen LogP contribution in [0.5, 0.6) is 11.5 Å². The van der Waals surface area contributed by atoms with Crippen molar-refractivity contribution in [1.29, 1.82) is 0 Å². The topological polar surface area (TPSA) is 78.8 Å². The van der Waals surface area contributed by atoms with Gasteiger partial charge in [0, 0.05) is 11.0 Å². The number of halogens is 1. The molecular weight excluding hydrogens is 362 g/mol. The lowest BCUT2D eigenvalue weighted by Gasteiger charge is -2.12. The van der Waals surface area contributed by atoms with Gasteiger partial charge in [-0.25, -0.2) is 0 Å². The molecule has 5 nitrogen and oxygen atoms in total. The van der Waals surface area contributed by atoms with E-state index in [9.17, 15) is 15.0 Å². The molecule has 23 heavy (non-hydrogen) atoms. The van der Waals surface area contributed by atoms with E-state index in [0.717, 1.165) is 10.0 Å². The summed E-state index contributed by atoms with van der Waals surface area (Å²) in [6.07, 6.45) is -0.632. The van der Waals surface area contributed by atoms with Crippen LogP contribution in [-0.2, 0) is 11.2 Å². The number of hydrogen-bond donors (Lipinski definition) is 3.